The minimum Gasteiger partial charge on any atom is -0.393 e. The van der Waals surface area contributed by atoms with Crippen molar-refractivity contribution in [3.63, 3.8) is 0 Å². The number of nitrogens with zero attached hydrogens (tertiary/aromatic N) is 2. The molecule has 6 heteroatoms. The van der Waals surface area contributed by atoms with Gasteiger partial charge in [0.25, 0.3) is 0 Å². The first-order chi connectivity index (χ1) is 15.2. The fourth-order valence-electron chi connectivity index (χ4n) is 3.60. The average molecular weight is 425 g/mol. The summed E-state index contributed by atoms with van der Waals surface area (Å²) < 4.78 is 5.73. The summed E-state index contributed by atoms with van der Waals surface area (Å²) in [6.07, 6.45) is 1.64. The molecule has 0 spiro atoms. The largest absolute Gasteiger partial charge is 0.393 e. The number of nitrogens with one attached hydrogen (secondary N) is 2. The molecule has 0 unspecified atom stereocenters. The highest BCUT2D eigenvalue weighted by molar-refractivity contribution is 5.79. The van der Waals surface area contributed by atoms with Gasteiger partial charge in [0.1, 0.15) is 0 Å². The van der Waals surface area contributed by atoms with Crippen LogP contribution in [0.2, 0.25) is 0 Å². The van der Waals surface area contributed by atoms with E-state index in [1.54, 1.807) is 0 Å². The molecule has 1 fully saturated rings. The van der Waals surface area contributed by atoms with Crippen molar-refractivity contribution in [1.82, 2.24) is 15.5 Å². The quantitative estimate of drug-likeness (QED) is 0.311. The Bertz CT molecular complexity index is 772. The van der Waals surface area contributed by atoms with Crippen molar-refractivity contribution in [2.24, 2.45) is 4.99 Å². The first-order valence-corrected chi connectivity index (χ1v) is 11.3. The van der Waals surface area contributed by atoms with Crippen LogP contribution < -0.4 is 10.6 Å². The molecule has 0 aliphatic carbocycles. The summed E-state index contributed by atoms with van der Waals surface area (Å²) in [6.45, 7) is 8.38. The van der Waals surface area contributed by atoms with Crippen molar-refractivity contribution in [1.29, 1.82) is 0 Å². The highest BCUT2D eigenvalue weighted by Crippen LogP contribution is 2.14. The number of piperidine rings is 1. The van der Waals surface area contributed by atoms with Crippen LogP contribution in [0.4, 0.5) is 0 Å². The Kier molecular flexibility index (Phi) is 9.83. The van der Waals surface area contributed by atoms with Crippen LogP contribution in [-0.2, 0) is 24.4 Å². The molecule has 0 radical (unpaired) electrons. The summed E-state index contributed by atoms with van der Waals surface area (Å²) in [5.41, 5.74) is 3.68. The van der Waals surface area contributed by atoms with E-state index in [0.29, 0.717) is 26.3 Å². The molecule has 2 aromatic rings. The van der Waals surface area contributed by atoms with E-state index >= 15 is 0 Å². The second kappa shape index (κ2) is 13.1. The molecule has 0 amide bonds. The third-order valence-electron chi connectivity index (χ3n) is 5.40. The van der Waals surface area contributed by atoms with Crippen LogP contribution in [-0.4, -0.2) is 54.9 Å². The van der Waals surface area contributed by atoms with Gasteiger partial charge >= 0.3 is 0 Å². The molecule has 0 aromatic heterocycles. The highest BCUT2D eigenvalue weighted by Gasteiger charge is 2.16. The van der Waals surface area contributed by atoms with Crippen molar-refractivity contribution in [3.05, 3.63) is 71.3 Å². The Labute approximate surface area is 186 Å². The maximum absolute atomic E-state index is 9.64. The molecule has 168 valence electrons. The summed E-state index contributed by atoms with van der Waals surface area (Å²) in [7, 11) is 0. The van der Waals surface area contributed by atoms with Gasteiger partial charge in [0.2, 0.25) is 0 Å². The van der Waals surface area contributed by atoms with Crippen molar-refractivity contribution in [2.75, 3.05) is 32.8 Å². The van der Waals surface area contributed by atoms with Crippen LogP contribution >= 0.6 is 0 Å². The normalized spacial score (nSPS) is 15.7. The van der Waals surface area contributed by atoms with Crippen LogP contribution in [0.15, 0.2) is 59.6 Å². The zero-order valence-electron chi connectivity index (χ0n) is 18.6. The monoisotopic (exact) mass is 424 g/mol. The van der Waals surface area contributed by atoms with E-state index in [4.69, 9.17) is 9.73 Å². The number of guanidine groups is 1. The molecule has 0 saturated carbocycles. The van der Waals surface area contributed by atoms with Crippen molar-refractivity contribution < 1.29 is 9.84 Å². The SMILES string of the molecule is CCNC(=NCc1ccc(CN2CCC(O)CC2)cc1)NCCOCc1ccccc1. The Morgan fingerprint density at radius 1 is 1.00 bits per heavy atom. The molecule has 31 heavy (non-hydrogen) atoms. The number of ether oxygens (including phenoxy) is 1. The number of hydrogen-bond donors (Lipinski definition) is 3. The molecule has 1 saturated heterocycles. The van der Waals surface area contributed by atoms with E-state index < -0.39 is 0 Å². The van der Waals surface area contributed by atoms with E-state index in [0.717, 1.165) is 45.0 Å². The number of likely N-dealkylation sites (tertiary alicyclic amines) is 1. The number of aliphatic hydroxyl groups is 1. The zero-order valence-corrected chi connectivity index (χ0v) is 18.6. The molecule has 3 N–H and O–H groups in total. The Morgan fingerprint density at radius 3 is 2.42 bits per heavy atom. The molecular formula is C25H36N4O2. The van der Waals surface area contributed by atoms with Crippen LogP contribution in [0.3, 0.4) is 0 Å². The maximum atomic E-state index is 9.64. The number of hydrogen-bond acceptors (Lipinski definition) is 4. The van der Waals surface area contributed by atoms with Gasteiger partial charge in [0, 0.05) is 32.7 Å². The molecule has 3 rings (SSSR count). The zero-order chi connectivity index (χ0) is 21.7. The van der Waals surface area contributed by atoms with E-state index in [1.807, 2.05) is 18.2 Å². The van der Waals surface area contributed by atoms with Crippen LogP contribution in [0.1, 0.15) is 36.5 Å². The van der Waals surface area contributed by atoms with Gasteiger partial charge in [-0.1, -0.05) is 54.6 Å². The standard InChI is InChI=1S/C25H36N4O2/c1-2-26-25(27-14-17-31-20-23-6-4-3-5-7-23)28-18-21-8-10-22(11-9-21)19-29-15-12-24(30)13-16-29/h3-11,24,30H,2,12-20H2,1H3,(H2,26,27,28). The Morgan fingerprint density at radius 2 is 1.71 bits per heavy atom. The number of aliphatic hydroxyl groups excluding tert-OH is 1. The van der Waals surface area contributed by atoms with Gasteiger partial charge < -0.3 is 20.5 Å². The minimum absolute atomic E-state index is 0.119. The van der Waals surface area contributed by atoms with Gasteiger partial charge in [-0.05, 0) is 36.5 Å². The molecule has 0 bridgehead atoms. The van der Waals surface area contributed by atoms with Gasteiger partial charge in [0.15, 0.2) is 5.96 Å². The lowest BCUT2D eigenvalue weighted by molar-refractivity contribution is 0.0792. The third-order valence-corrected chi connectivity index (χ3v) is 5.40. The van der Waals surface area contributed by atoms with Crippen LogP contribution in [0.25, 0.3) is 0 Å². The predicted octanol–water partition coefficient (Wildman–Crippen LogP) is 2.92. The van der Waals surface area contributed by atoms with Crippen molar-refractivity contribution >= 4 is 5.96 Å². The van der Waals surface area contributed by atoms with E-state index in [1.165, 1.54) is 16.7 Å². The number of aliphatic imine (C=N–C) groups is 1. The van der Waals surface area contributed by atoms with Crippen molar-refractivity contribution in [2.45, 2.75) is 45.6 Å². The molecule has 2 aromatic carbocycles. The van der Waals surface area contributed by atoms with Gasteiger partial charge in [-0.25, -0.2) is 4.99 Å². The topological polar surface area (TPSA) is 69.1 Å². The Balaban J connectivity index is 1.39. The van der Waals surface area contributed by atoms with Crippen LogP contribution in [0.5, 0.6) is 0 Å². The molecular weight excluding hydrogens is 388 g/mol. The first-order valence-electron chi connectivity index (χ1n) is 11.3. The first kappa shape index (κ1) is 23.3. The lowest BCUT2D eigenvalue weighted by Gasteiger charge is -2.29. The summed E-state index contributed by atoms with van der Waals surface area (Å²) in [4.78, 5) is 7.10. The minimum atomic E-state index is -0.119. The molecule has 1 aliphatic rings. The summed E-state index contributed by atoms with van der Waals surface area (Å²) in [5.74, 6) is 0.807. The molecule has 1 heterocycles. The second-order valence-corrected chi connectivity index (χ2v) is 7.98. The smallest absolute Gasteiger partial charge is 0.191 e. The molecule has 0 atom stereocenters. The fourth-order valence-corrected chi connectivity index (χ4v) is 3.60. The highest BCUT2D eigenvalue weighted by atomic mass is 16.5. The summed E-state index contributed by atoms with van der Waals surface area (Å²) in [5, 5.41) is 16.3. The summed E-state index contributed by atoms with van der Waals surface area (Å²) in [6, 6.07) is 18.9. The van der Waals surface area contributed by atoms with Crippen LogP contribution in [0, 0.1) is 0 Å². The second-order valence-electron chi connectivity index (χ2n) is 7.98. The van der Waals surface area contributed by atoms with E-state index in [2.05, 4.69) is 58.9 Å². The van der Waals surface area contributed by atoms with Gasteiger partial charge in [-0.15, -0.1) is 0 Å². The van der Waals surface area contributed by atoms with Gasteiger partial charge in [-0.2, -0.15) is 0 Å². The van der Waals surface area contributed by atoms with Crippen molar-refractivity contribution in [3.8, 4) is 0 Å². The third kappa shape index (κ3) is 8.69. The molecule has 6 nitrogen and oxygen atoms in total. The average Bonchev–Trinajstić information content (AvgIpc) is 2.80. The lowest BCUT2D eigenvalue weighted by atomic mass is 10.1. The van der Waals surface area contributed by atoms with Gasteiger partial charge in [0.05, 0.1) is 25.9 Å². The Hall–Kier alpha value is -2.41. The van der Waals surface area contributed by atoms with E-state index in [-0.39, 0.29) is 6.10 Å². The fraction of sp³-hybridized carbons (Fsp3) is 0.480. The van der Waals surface area contributed by atoms with Gasteiger partial charge in [-0.3, -0.25) is 4.90 Å². The molecule has 1 aliphatic heterocycles. The predicted molar refractivity (Wildman–Crippen MR) is 126 cm³/mol. The summed E-state index contributed by atoms with van der Waals surface area (Å²) >= 11 is 0. The number of rotatable bonds is 10. The lowest BCUT2D eigenvalue weighted by Crippen LogP contribution is -2.38. The van der Waals surface area contributed by atoms with E-state index in [9.17, 15) is 5.11 Å². The number of benzene rings is 2. The maximum Gasteiger partial charge on any atom is 0.191 e.